The largest absolute Gasteiger partial charge is 0.481 e. The maximum Gasteiger partial charge on any atom is 0.303 e. The van der Waals surface area contributed by atoms with Gasteiger partial charge in [-0.05, 0) is 6.42 Å². The van der Waals surface area contributed by atoms with E-state index in [2.05, 4.69) is 20.3 Å². The van der Waals surface area contributed by atoms with Crippen LogP contribution in [-0.2, 0) is 14.3 Å². The van der Waals surface area contributed by atoms with Gasteiger partial charge in [-0.2, -0.15) is 0 Å². The molecule has 14 heteroatoms. The van der Waals surface area contributed by atoms with Gasteiger partial charge in [0.2, 0.25) is 5.91 Å². The number of aromatic nitrogens is 4. The molecular weight excluding hydrogens is 436 g/mol. The van der Waals surface area contributed by atoms with Gasteiger partial charge in [0.25, 0.3) is 0 Å². The Morgan fingerprint density at radius 3 is 2.65 bits per heavy atom. The molecule has 0 bridgehead atoms. The van der Waals surface area contributed by atoms with Crippen LogP contribution in [0.15, 0.2) is 12.7 Å². The van der Waals surface area contributed by atoms with Crippen molar-refractivity contribution >= 4 is 41.3 Å². The number of carboxylic acids is 1. The molecule has 172 valence electrons. The van der Waals surface area contributed by atoms with E-state index in [1.165, 1.54) is 17.2 Å². The molecule has 0 aromatic carbocycles. The Bertz CT molecular complexity index is 926. The van der Waals surface area contributed by atoms with Crippen molar-refractivity contribution in [3.8, 4) is 0 Å². The lowest BCUT2D eigenvalue weighted by molar-refractivity contribution is -0.138. The molecule has 31 heavy (non-hydrogen) atoms. The van der Waals surface area contributed by atoms with Gasteiger partial charge in [-0.1, -0.05) is 0 Å². The highest BCUT2D eigenvalue weighted by Gasteiger charge is 2.46. The van der Waals surface area contributed by atoms with Crippen LogP contribution in [0.4, 0.5) is 5.82 Å². The SMILES string of the molecule is CN(C)c1ncnc2c1ncn2[C@@H]1O[C@H](CO)[C@@H](NC(=O)[C@@H](O)CCC(=O)O)[C@H]1O.Cl. The zero-order chi connectivity index (χ0) is 22.0. The number of imidazole rings is 1. The third kappa shape index (κ3) is 5.02. The van der Waals surface area contributed by atoms with Gasteiger partial charge in [0, 0.05) is 20.5 Å². The number of carbonyl (C=O) groups is 2. The molecule has 2 aromatic heterocycles. The highest BCUT2D eigenvalue weighted by Crippen LogP contribution is 2.32. The van der Waals surface area contributed by atoms with Crippen LogP contribution in [0.5, 0.6) is 0 Å². The summed E-state index contributed by atoms with van der Waals surface area (Å²) in [5.74, 6) is -1.45. The number of anilines is 1. The number of nitrogens with one attached hydrogen (secondary N) is 1. The maximum atomic E-state index is 12.2. The minimum absolute atomic E-state index is 0. The molecule has 0 unspecified atom stereocenters. The van der Waals surface area contributed by atoms with Gasteiger partial charge in [-0.3, -0.25) is 14.2 Å². The van der Waals surface area contributed by atoms with E-state index in [0.29, 0.717) is 17.0 Å². The zero-order valence-electron chi connectivity index (χ0n) is 16.8. The fraction of sp³-hybridized carbons (Fsp3) is 0.588. The van der Waals surface area contributed by atoms with E-state index >= 15 is 0 Å². The van der Waals surface area contributed by atoms with Crippen LogP contribution >= 0.6 is 12.4 Å². The Labute approximate surface area is 183 Å². The van der Waals surface area contributed by atoms with E-state index in [1.807, 2.05) is 0 Å². The number of fused-ring (bicyclic) bond motifs is 1. The molecule has 3 rings (SSSR count). The first-order chi connectivity index (χ1) is 14.2. The molecule has 1 aliphatic rings. The second kappa shape index (κ2) is 10.2. The number of aliphatic hydroxyl groups is 3. The van der Waals surface area contributed by atoms with Crippen LogP contribution < -0.4 is 10.2 Å². The number of hydrogen-bond acceptors (Lipinski definition) is 10. The average molecular weight is 461 g/mol. The van der Waals surface area contributed by atoms with Crippen molar-refractivity contribution < 1.29 is 34.8 Å². The van der Waals surface area contributed by atoms with Crippen molar-refractivity contribution in [2.75, 3.05) is 25.6 Å². The lowest BCUT2D eigenvalue weighted by atomic mass is 10.1. The van der Waals surface area contributed by atoms with E-state index in [4.69, 9.17) is 9.84 Å². The normalized spacial score (nSPS) is 23.9. The number of carbonyl (C=O) groups excluding carboxylic acids is 1. The van der Waals surface area contributed by atoms with Gasteiger partial charge in [0.15, 0.2) is 23.2 Å². The standard InChI is InChI=1S/C17H24N6O7.ClH/c1-22(2)14-12-15(19-6-18-14)23(7-20-12)17-13(28)11(9(5-24)30-17)21-16(29)8(25)3-4-10(26)27;/h6-9,11,13,17,24-25,28H,3-5H2,1-2H3,(H,21,29)(H,26,27);1H/t8-,9+,11+,13+,17+;/m0./s1. The number of amides is 1. The lowest BCUT2D eigenvalue weighted by Gasteiger charge is -2.22. The summed E-state index contributed by atoms with van der Waals surface area (Å²) >= 11 is 0. The Morgan fingerprint density at radius 2 is 2.03 bits per heavy atom. The summed E-state index contributed by atoms with van der Waals surface area (Å²) in [7, 11) is 3.59. The van der Waals surface area contributed by atoms with E-state index in [1.54, 1.807) is 19.0 Å². The number of hydrogen-bond donors (Lipinski definition) is 5. The number of halogens is 1. The monoisotopic (exact) mass is 460 g/mol. The highest BCUT2D eigenvalue weighted by molar-refractivity contribution is 5.85. The number of nitrogens with zero attached hydrogens (tertiary/aromatic N) is 5. The Hall–Kier alpha value is -2.58. The molecule has 3 heterocycles. The van der Waals surface area contributed by atoms with Crippen LogP contribution in [-0.4, -0.2) is 96.9 Å². The summed E-state index contributed by atoms with van der Waals surface area (Å²) in [6.45, 7) is -0.506. The van der Waals surface area contributed by atoms with Crippen molar-refractivity contribution in [1.29, 1.82) is 0 Å². The highest BCUT2D eigenvalue weighted by atomic mass is 35.5. The Balaban J connectivity index is 0.00000341. The van der Waals surface area contributed by atoms with Crippen molar-refractivity contribution in [1.82, 2.24) is 24.8 Å². The first kappa shape index (κ1) is 24.7. The Morgan fingerprint density at radius 1 is 1.32 bits per heavy atom. The smallest absolute Gasteiger partial charge is 0.303 e. The van der Waals surface area contributed by atoms with Gasteiger partial charge < -0.3 is 35.4 Å². The second-order valence-electron chi connectivity index (χ2n) is 7.14. The molecular formula is C17H25ClN6O7. The molecule has 1 fully saturated rings. The minimum Gasteiger partial charge on any atom is -0.481 e. The molecule has 0 radical (unpaired) electrons. The molecule has 5 N–H and O–H groups in total. The predicted molar refractivity (Wildman–Crippen MR) is 109 cm³/mol. The Kier molecular flexibility index (Phi) is 8.08. The summed E-state index contributed by atoms with van der Waals surface area (Å²) in [5.41, 5.74) is 0.873. The summed E-state index contributed by atoms with van der Waals surface area (Å²) < 4.78 is 7.20. The number of ether oxygens (including phenoxy) is 1. The van der Waals surface area contributed by atoms with Gasteiger partial charge in [0.05, 0.1) is 19.0 Å². The third-order valence-electron chi connectivity index (χ3n) is 4.84. The molecule has 0 saturated carbocycles. The fourth-order valence-electron chi connectivity index (χ4n) is 3.31. The van der Waals surface area contributed by atoms with Gasteiger partial charge in [-0.15, -0.1) is 12.4 Å². The van der Waals surface area contributed by atoms with Crippen LogP contribution in [0.1, 0.15) is 19.1 Å². The van der Waals surface area contributed by atoms with Gasteiger partial charge in [-0.25, -0.2) is 15.0 Å². The number of aliphatic carboxylic acids is 1. The summed E-state index contributed by atoms with van der Waals surface area (Å²) in [6.07, 6.45) is -2.76. The van der Waals surface area contributed by atoms with E-state index in [9.17, 15) is 24.9 Å². The topological polar surface area (TPSA) is 183 Å². The zero-order valence-corrected chi connectivity index (χ0v) is 17.6. The predicted octanol–water partition coefficient (Wildman–Crippen LogP) is -1.72. The van der Waals surface area contributed by atoms with Crippen LogP contribution in [0.25, 0.3) is 11.2 Å². The molecule has 1 amide bonds. The molecule has 2 aromatic rings. The van der Waals surface area contributed by atoms with Crippen molar-refractivity contribution in [2.24, 2.45) is 0 Å². The lowest BCUT2D eigenvalue weighted by Crippen LogP contribution is -2.51. The van der Waals surface area contributed by atoms with E-state index in [0.717, 1.165) is 0 Å². The van der Waals surface area contributed by atoms with E-state index in [-0.39, 0.29) is 25.2 Å². The molecule has 0 aliphatic carbocycles. The molecule has 0 spiro atoms. The fourth-order valence-corrected chi connectivity index (χ4v) is 3.31. The van der Waals surface area contributed by atoms with Gasteiger partial charge in [0.1, 0.15) is 24.6 Å². The number of carboxylic acid groups (broad SMARTS) is 1. The van der Waals surface area contributed by atoms with Crippen LogP contribution in [0.3, 0.4) is 0 Å². The molecule has 1 saturated heterocycles. The molecule has 13 nitrogen and oxygen atoms in total. The number of rotatable bonds is 8. The first-order valence-corrected chi connectivity index (χ1v) is 9.24. The second-order valence-corrected chi connectivity index (χ2v) is 7.14. The third-order valence-corrected chi connectivity index (χ3v) is 4.84. The maximum absolute atomic E-state index is 12.2. The van der Waals surface area contributed by atoms with Crippen molar-refractivity contribution in [3.63, 3.8) is 0 Å². The van der Waals surface area contributed by atoms with Crippen LogP contribution in [0, 0.1) is 0 Å². The number of aliphatic hydroxyl groups excluding tert-OH is 3. The van der Waals surface area contributed by atoms with Gasteiger partial charge >= 0.3 is 5.97 Å². The average Bonchev–Trinajstić information content (AvgIpc) is 3.27. The molecule has 1 aliphatic heterocycles. The quantitative estimate of drug-likeness (QED) is 0.302. The summed E-state index contributed by atoms with van der Waals surface area (Å²) in [5, 5.41) is 41.4. The minimum atomic E-state index is -1.57. The van der Waals surface area contributed by atoms with Crippen LogP contribution in [0.2, 0.25) is 0 Å². The van der Waals surface area contributed by atoms with Crippen molar-refractivity contribution in [3.05, 3.63) is 12.7 Å². The van der Waals surface area contributed by atoms with Crippen molar-refractivity contribution in [2.45, 2.75) is 43.4 Å². The first-order valence-electron chi connectivity index (χ1n) is 9.24. The summed E-state index contributed by atoms with van der Waals surface area (Å²) in [4.78, 5) is 37.2. The summed E-state index contributed by atoms with van der Waals surface area (Å²) in [6, 6.07) is -1.04. The molecule has 5 atom stereocenters. The van der Waals surface area contributed by atoms with E-state index < -0.39 is 49.1 Å².